The quantitative estimate of drug-likeness (QED) is 0.861. The van der Waals surface area contributed by atoms with E-state index in [1.54, 1.807) is 7.11 Å². The monoisotopic (exact) mass is 247 g/mol. The average Bonchev–Trinajstić information content (AvgIpc) is 2.77. The van der Waals surface area contributed by atoms with Gasteiger partial charge in [0.2, 0.25) is 0 Å². The van der Waals surface area contributed by atoms with Crippen LogP contribution in [0.2, 0.25) is 0 Å². The van der Waals surface area contributed by atoms with Crippen molar-refractivity contribution >= 4 is 0 Å². The van der Waals surface area contributed by atoms with E-state index >= 15 is 0 Å². The number of benzene rings is 1. The summed E-state index contributed by atoms with van der Waals surface area (Å²) in [5.74, 6) is 1.69. The van der Waals surface area contributed by atoms with Crippen LogP contribution in [0.5, 0.6) is 5.75 Å². The molecule has 1 aliphatic rings. The molecular weight excluding hydrogens is 222 g/mol. The standard InChI is InChI=1S/C16H25NO/c1-13(2)11-16(9-4-10-17-16)12-14-5-7-15(18-3)8-6-14/h5-8,13,17H,4,9-12H2,1-3H3. The van der Waals surface area contributed by atoms with Crippen LogP contribution in [0.25, 0.3) is 0 Å². The van der Waals surface area contributed by atoms with Gasteiger partial charge >= 0.3 is 0 Å². The highest BCUT2D eigenvalue weighted by molar-refractivity contribution is 5.28. The lowest BCUT2D eigenvalue weighted by Crippen LogP contribution is -2.43. The van der Waals surface area contributed by atoms with Gasteiger partial charge in [0, 0.05) is 5.54 Å². The Labute approximate surface area is 111 Å². The fourth-order valence-electron chi connectivity index (χ4n) is 3.18. The summed E-state index contributed by atoms with van der Waals surface area (Å²) < 4.78 is 5.21. The van der Waals surface area contributed by atoms with E-state index in [2.05, 4.69) is 43.4 Å². The SMILES string of the molecule is COc1ccc(CC2(CC(C)C)CCCN2)cc1. The first kappa shape index (κ1) is 13.4. The van der Waals surface area contributed by atoms with Gasteiger partial charge in [-0.1, -0.05) is 26.0 Å². The van der Waals surface area contributed by atoms with Crippen molar-refractivity contribution in [3.63, 3.8) is 0 Å². The van der Waals surface area contributed by atoms with E-state index in [4.69, 9.17) is 4.74 Å². The second-order valence-electron chi connectivity index (χ2n) is 5.93. The Balaban J connectivity index is 2.08. The van der Waals surface area contributed by atoms with Crippen molar-refractivity contribution in [1.29, 1.82) is 0 Å². The third-order valence-corrected chi connectivity index (χ3v) is 3.83. The smallest absolute Gasteiger partial charge is 0.118 e. The minimum Gasteiger partial charge on any atom is -0.497 e. The summed E-state index contributed by atoms with van der Waals surface area (Å²) in [5.41, 5.74) is 1.73. The first-order valence-corrected chi connectivity index (χ1v) is 7.01. The second kappa shape index (κ2) is 5.75. The summed E-state index contributed by atoms with van der Waals surface area (Å²) in [5, 5.41) is 3.75. The molecule has 1 fully saturated rings. The molecule has 0 aliphatic carbocycles. The molecule has 0 spiro atoms. The predicted octanol–water partition coefficient (Wildman–Crippen LogP) is 3.41. The van der Waals surface area contributed by atoms with Gasteiger partial charge in [-0.2, -0.15) is 0 Å². The molecule has 100 valence electrons. The van der Waals surface area contributed by atoms with Crippen LogP contribution in [0.4, 0.5) is 0 Å². The largest absolute Gasteiger partial charge is 0.497 e. The fourth-order valence-corrected chi connectivity index (χ4v) is 3.18. The third kappa shape index (κ3) is 3.26. The van der Waals surface area contributed by atoms with Gasteiger partial charge in [-0.25, -0.2) is 0 Å². The van der Waals surface area contributed by atoms with Crippen LogP contribution in [-0.4, -0.2) is 19.2 Å². The van der Waals surface area contributed by atoms with E-state index in [9.17, 15) is 0 Å². The van der Waals surface area contributed by atoms with Crippen LogP contribution in [-0.2, 0) is 6.42 Å². The number of nitrogens with one attached hydrogen (secondary N) is 1. The Hall–Kier alpha value is -1.02. The molecule has 0 radical (unpaired) electrons. The van der Waals surface area contributed by atoms with Crippen molar-refractivity contribution in [3.8, 4) is 5.75 Å². The Morgan fingerprint density at radius 2 is 2.00 bits per heavy atom. The maximum Gasteiger partial charge on any atom is 0.118 e. The Morgan fingerprint density at radius 3 is 2.50 bits per heavy atom. The zero-order valence-corrected chi connectivity index (χ0v) is 11.8. The summed E-state index contributed by atoms with van der Waals surface area (Å²) in [6.07, 6.45) is 5.01. The van der Waals surface area contributed by atoms with Crippen LogP contribution < -0.4 is 10.1 Å². The average molecular weight is 247 g/mol. The summed E-state index contributed by atoms with van der Waals surface area (Å²) in [4.78, 5) is 0. The van der Waals surface area contributed by atoms with Gasteiger partial charge in [-0.15, -0.1) is 0 Å². The second-order valence-corrected chi connectivity index (χ2v) is 5.93. The molecular formula is C16H25NO. The molecule has 2 nitrogen and oxygen atoms in total. The first-order valence-electron chi connectivity index (χ1n) is 7.01. The molecule has 1 aromatic carbocycles. The number of methoxy groups -OCH3 is 1. The van der Waals surface area contributed by atoms with Crippen LogP contribution in [0, 0.1) is 5.92 Å². The van der Waals surface area contributed by atoms with E-state index in [-0.39, 0.29) is 0 Å². The summed E-state index contributed by atoms with van der Waals surface area (Å²) >= 11 is 0. The summed E-state index contributed by atoms with van der Waals surface area (Å²) in [6, 6.07) is 8.52. The van der Waals surface area contributed by atoms with Crippen molar-refractivity contribution in [2.45, 2.75) is 45.1 Å². The summed E-state index contributed by atoms with van der Waals surface area (Å²) in [7, 11) is 1.72. The highest BCUT2D eigenvalue weighted by Gasteiger charge is 2.33. The third-order valence-electron chi connectivity index (χ3n) is 3.83. The highest BCUT2D eigenvalue weighted by atomic mass is 16.5. The molecule has 1 aromatic rings. The first-order chi connectivity index (χ1) is 8.63. The number of rotatable bonds is 5. The molecule has 0 aromatic heterocycles. The molecule has 1 aliphatic heterocycles. The van der Waals surface area contributed by atoms with Gasteiger partial charge in [0.25, 0.3) is 0 Å². The zero-order valence-electron chi connectivity index (χ0n) is 11.8. The predicted molar refractivity (Wildman–Crippen MR) is 76.1 cm³/mol. The zero-order chi connectivity index (χ0) is 13.0. The van der Waals surface area contributed by atoms with Crippen molar-refractivity contribution in [2.24, 2.45) is 5.92 Å². The van der Waals surface area contributed by atoms with Crippen LogP contribution in [0.3, 0.4) is 0 Å². The molecule has 1 atom stereocenters. The van der Waals surface area contributed by atoms with Crippen molar-refractivity contribution < 1.29 is 4.74 Å². The van der Waals surface area contributed by atoms with Gasteiger partial charge in [-0.3, -0.25) is 0 Å². The number of hydrogen-bond acceptors (Lipinski definition) is 2. The molecule has 2 rings (SSSR count). The maximum absolute atomic E-state index is 5.21. The Morgan fingerprint density at radius 1 is 1.28 bits per heavy atom. The van der Waals surface area contributed by atoms with Gasteiger partial charge in [0.15, 0.2) is 0 Å². The fraction of sp³-hybridized carbons (Fsp3) is 0.625. The van der Waals surface area contributed by atoms with E-state index in [1.165, 1.54) is 31.4 Å². The lowest BCUT2D eigenvalue weighted by Gasteiger charge is -2.31. The minimum absolute atomic E-state index is 0.322. The van der Waals surface area contributed by atoms with Gasteiger partial charge in [0.05, 0.1) is 7.11 Å². The molecule has 0 bridgehead atoms. The molecule has 1 N–H and O–H groups in total. The molecule has 2 heteroatoms. The van der Waals surface area contributed by atoms with Crippen molar-refractivity contribution in [3.05, 3.63) is 29.8 Å². The van der Waals surface area contributed by atoms with Crippen LogP contribution >= 0.6 is 0 Å². The molecule has 1 saturated heterocycles. The molecule has 0 saturated carbocycles. The van der Waals surface area contributed by atoms with E-state index in [1.807, 2.05) is 0 Å². The highest BCUT2D eigenvalue weighted by Crippen LogP contribution is 2.31. The molecule has 1 unspecified atom stereocenters. The van der Waals surface area contributed by atoms with Crippen LogP contribution in [0.15, 0.2) is 24.3 Å². The Bertz CT molecular complexity index is 363. The van der Waals surface area contributed by atoms with E-state index in [0.717, 1.165) is 18.1 Å². The lowest BCUT2D eigenvalue weighted by molar-refractivity contribution is 0.301. The minimum atomic E-state index is 0.322. The normalized spacial score (nSPS) is 23.6. The Kier molecular flexibility index (Phi) is 4.28. The molecule has 18 heavy (non-hydrogen) atoms. The molecule has 1 heterocycles. The molecule has 0 amide bonds. The van der Waals surface area contributed by atoms with E-state index in [0.29, 0.717) is 5.54 Å². The number of hydrogen-bond donors (Lipinski definition) is 1. The lowest BCUT2D eigenvalue weighted by atomic mass is 9.82. The van der Waals surface area contributed by atoms with Crippen molar-refractivity contribution in [1.82, 2.24) is 5.32 Å². The van der Waals surface area contributed by atoms with Gasteiger partial charge in [0.1, 0.15) is 5.75 Å². The summed E-state index contributed by atoms with van der Waals surface area (Å²) in [6.45, 7) is 5.80. The maximum atomic E-state index is 5.21. The number of ether oxygens (including phenoxy) is 1. The van der Waals surface area contributed by atoms with Crippen LogP contribution in [0.1, 0.15) is 38.7 Å². The van der Waals surface area contributed by atoms with Gasteiger partial charge < -0.3 is 10.1 Å². The topological polar surface area (TPSA) is 21.3 Å². The van der Waals surface area contributed by atoms with E-state index < -0.39 is 0 Å². The van der Waals surface area contributed by atoms with Crippen molar-refractivity contribution in [2.75, 3.05) is 13.7 Å². The van der Waals surface area contributed by atoms with Gasteiger partial charge in [-0.05, 0) is 55.8 Å².